The molecule has 1 amide bonds. The third-order valence-electron chi connectivity index (χ3n) is 4.55. The van der Waals surface area contributed by atoms with Crippen LogP contribution in [0.3, 0.4) is 0 Å². The molecule has 1 N–H and O–H groups in total. The second kappa shape index (κ2) is 6.26. The van der Waals surface area contributed by atoms with Gasteiger partial charge in [0.15, 0.2) is 0 Å². The number of anilines is 1. The number of fused-ring (bicyclic) bond motifs is 1. The Labute approximate surface area is 152 Å². The number of amides is 1. The van der Waals surface area contributed by atoms with Gasteiger partial charge in [0.25, 0.3) is 5.91 Å². The van der Waals surface area contributed by atoms with E-state index < -0.39 is 11.7 Å². The standard InChI is InChI=1S/C18H16F3N5O/c1-25-7-5-14(24-25)17(27)23-12-9-26(10-12)16-4-6-22-15-8-11(18(19,20)21)2-3-13(15)16/h2-8,12H,9-10H2,1H3,(H,23,27). The minimum atomic E-state index is -4.40. The quantitative estimate of drug-likeness (QED) is 0.765. The predicted molar refractivity (Wildman–Crippen MR) is 93.4 cm³/mol. The van der Waals surface area contributed by atoms with Crippen molar-refractivity contribution in [3.8, 4) is 0 Å². The fraction of sp³-hybridized carbons (Fsp3) is 0.278. The molecule has 0 bridgehead atoms. The van der Waals surface area contributed by atoms with E-state index in [-0.39, 0.29) is 11.9 Å². The molecule has 0 saturated carbocycles. The number of aromatic nitrogens is 3. The lowest BCUT2D eigenvalue weighted by Crippen LogP contribution is -2.59. The number of rotatable bonds is 3. The number of halogens is 3. The first-order chi connectivity index (χ1) is 12.8. The zero-order valence-corrected chi connectivity index (χ0v) is 14.4. The Balaban J connectivity index is 1.47. The molecule has 1 aliphatic rings. The molecule has 2 aromatic heterocycles. The van der Waals surface area contributed by atoms with Crippen molar-refractivity contribution in [1.82, 2.24) is 20.1 Å². The van der Waals surface area contributed by atoms with Gasteiger partial charge in [-0.2, -0.15) is 18.3 Å². The number of carbonyl (C=O) groups is 1. The monoisotopic (exact) mass is 375 g/mol. The van der Waals surface area contributed by atoms with Gasteiger partial charge in [0, 0.05) is 43.6 Å². The van der Waals surface area contributed by atoms with Crippen LogP contribution in [0.5, 0.6) is 0 Å². The van der Waals surface area contributed by atoms with E-state index in [4.69, 9.17) is 0 Å². The van der Waals surface area contributed by atoms with Gasteiger partial charge < -0.3 is 10.2 Å². The third kappa shape index (κ3) is 3.32. The molecular formula is C18H16F3N5O. The van der Waals surface area contributed by atoms with Gasteiger partial charge in [-0.3, -0.25) is 14.5 Å². The largest absolute Gasteiger partial charge is 0.416 e. The summed E-state index contributed by atoms with van der Waals surface area (Å²) in [5, 5.41) is 7.61. The van der Waals surface area contributed by atoms with Crippen LogP contribution in [0.25, 0.3) is 10.9 Å². The summed E-state index contributed by atoms with van der Waals surface area (Å²) in [6.07, 6.45) is -1.21. The van der Waals surface area contributed by atoms with Gasteiger partial charge in [0.2, 0.25) is 0 Å². The summed E-state index contributed by atoms with van der Waals surface area (Å²) in [4.78, 5) is 18.2. The van der Waals surface area contributed by atoms with Crippen LogP contribution >= 0.6 is 0 Å². The first-order valence-corrected chi connectivity index (χ1v) is 8.33. The van der Waals surface area contributed by atoms with Crippen molar-refractivity contribution >= 4 is 22.5 Å². The van der Waals surface area contributed by atoms with Crippen LogP contribution in [0, 0.1) is 0 Å². The number of pyridine rings is 1. The van der Waals surface area contributed by atoms with Crippen LogP contribution in [0.1, 0.15) is 16.1 Å². The molecule has 0 unspecified atom stereocenters. The van der Waals surface area contributed by atoms with Crippen molar-refractivity contribution in [3.63, 3.8) is 0 Å². The molecule has 3 heterocycles. The molecule has 4 rings (SSSR count). The van der Waals surface area contributed by atoms with Crippen molar-refractivity contribution in [2.45, 2.75) is 12.2 Å². The van der Waals surface area contributed by atoms with Gasteiger partial charge in [-0.1, -0.05) is 6.07 Å². The van der Waals surface area contributed by atoms with E-state index in [0.29, 0.717) is 29.7 Å². The Morgan fingerprint density at radius 2 is 2.00 bits per heavy atom. The van der Waals surface area contributed by atoms with Crippen LogP contribution in [0.2, 0.25) is 0 Å². The number of carbonyl (C=O) groups excluding carboxylic acids is 1. The molecule has 140 valence electrons. The molecule has 1 aromatic carbocycles. The highest BCUT2D eigenvalue weighted by molar-refractivity contribution is 5.94. The summed E-state index contributed by atoms with van der Waals surface area (Å²) < 4.78 is 40.2. The van der Waals surface area contributed by atoms with Gasteiger partial charge in [-0.05, 0) is 24.3 Å². The minimum Gasteiger partial charge on any atom is -0.367 e. The minimum absolute atomic E-state index is 0.0443. The number of nitrogens with zero attached hydrogens (tertiary/aromatic N) is 4. The van der Waals surface area contributed by atoms with Crippen molar-refractivity contribution in [1.29, 1.82) is 0 Å². The summed E-state index contributed by atoms with van der Waals surface area (Å²) in [5.74, 6) is -0.241. The van der Waals surface area contributed by atoms with E-state index in [1.807, 2.05) is 4.90 Å². The van der Waals surface area contributed by atoms with Crippen LogP contribution in [-0.4, -0.2) is 39.8 Å². The Bertz CT molecular complexity index is 1010. The summed E-state index contributed by atoms with van der Waals surface area (Å²) in [6.45, 7) is 1.14. The zero-order chi connectivity index (χ0) is 19.2. The van der Waals surface area contributed by atoms with Gasteiger partial charge in [-0.25, -0.2) is 0 Å². The third-order valence-corrected chi connectivity index (χ3v) is 4.55. The SMILES string of the molecule is Cn1ccc(C(=O)NC2CN(c3ccnc4cc(C(F)(F)F)ccc34)C2)n1. The predicted octanol–water partition coefficient (Wildman–Crippen LogP) is 2.61. The Hall–Kier alpha value is -3.10. The van der Waals surface area contributed by atoms with Crippen LogP contribution in [0.15, 0.2) is 42.7 Å². The smallest absolute Gasteiger partial charge is 0.367 e. The Kier molecular flexibility index (Phi) is 4.01. The number of hydrogen-bond donors (Lipinski definition) is 1. The highest BCUT2D eigenvalue weighted by Gasteiger charge is 2.32. The first kappa shape index (κ1) is 17.3. The van der Waals surface area contributed by atoms with Gasteiger partial charge >= 0.3 is 6.18 Å². The molecule has 6 nitrogen and oxygen atoms in total. The second-order valence-corrected chi connectivity index (χ2v) is 6.51. The van der Waals surface area contributed by atoms with Crippen molar-refractivity contribution < 1.29 is 18.0 Å². The van der Waals surface area contributed by atoms with Crippen LogP contribution < -0.4 is 10.2 Å². The maximum atomic E-state index is 12.9. The van der Waals surface area contributed by atoms with Crippen LogP contribution in [-0.2, 0) is 13.2 Å². The highest BCUT2D eigenvalue weighted by Crippen LogP contribution is 2.34. The number of benzene rings is 1. The maximum absolute atomic E-state index is 12.9. The molecule has 3 aromatic rings. The second-order valence-electron chi connectivity index (χ2n) is 6.51. The topological polar surface area (TPSA) is 63.1 Å². The molecule has 27 heavy (non-hydrogen) atoms. The summed E-state index contributed by atoms with van der Waals surface area (Å²) >= 11 is 0. The maximum Gasteiger partial charge on any atom is 0.416 e. The van der Waals surface area contributed by atoms with E-state index in [2.05, 4.69) is 15.4 Å². The average Bonchev–Trinajstić information content (AvgIpc) is 3.02. The number of hydrogen-bond acceptors (Lipinski definition) is 4. The molecule has 1 saturated heterocycles. The Morgan fingerprint density at radius 3 is 2.67 bits per heavy atom. The number of alkyl halides is 3. The average molecular weight is 375 g/mol. The molecule has 1 aliphatic heterocycles. The van der Waals surface area contributed by atoms with Gasteiger partial charge in [0.1, 0.15) is 5.69 Å². The fourth-order valence-corrected chi connectivity index (χ4v) is 3.15. The van der Waals surface area contributed by atoms with Crippen LogP contribution in [0.4, 0.5) is 18.9 Å². The first-order valence-electron chi connectivity index (χ1n) is 8.33. The van der Waals surface area contributed by atoms with Gasteiger partial charge in [0.05, 0.1) is 17.1 Å². The van der Waals surface area contributed by atoms with Crippen molar-refractivity contribution in [2.24, 2.45) is 7.05 Å². The lowest BCUT2D eigenvalue weighted by molar-refractivity contribution is -0.137. The normalized spacial score (nSPS) is 15.0. The number of nitrogens with one attached hydrogen (secondary N) is 1. The van der Waals surface area contributed by atoms with Crippen molar-refractivity contribution in [2.75, 3.05) is 18.0 Å². The molecule has 0 atom stereocenters. The highest BCUT2D eigenvalue weighted by atomic mass is 19.4. The molecule has 0 aliphatic carbocycles. The van der Waals surface area contributed by atoms with E-state index in [9.17, 15) is 18.0 Å². The van der Waals surface area contributed by atoms with E-state index in [1.165, 1.54) is 12.3 Å². The fourth-order valence-electron chi connectivity index (χ4n) is 3.15. The Morgan fingerprint density at radius 1 is 1.22 bits per heavy atom. The lowest BCUT2D eigenvalue weighted by Gasteiger charge is -2.41. The summed E-state index contributed by atoms with van der Waals surface area (Å²) in [6, 6.07) is 6.93. The van der Waals surface area contributed by atoms with E-state index in [1.54, 1.807) is 30.1 Å². The number of aryl methyl sites for hydroxylation is 1. The summed E-state index contributed by atoms with van der Waals surface area (Å²) in [7, 11) is 1.74. The molecule has 0 spiro atoms. The summed E-state index contributed by atoms with van der Waals surface area (Å²) in [5.41, 5.74) is 0.731. The molecule has 9 heteroatoms. The molecule has 1 fully saturated rings. The van der Waals surface area contributed by atoms with Gasteiger partial charge in [-0.15, -0.1) is 0 Å². The lowest BCUT2D eigenvalue weighted by atomic mass is 10.0. The van der Waals surface area contributed by atoms with Crippen molar-refractivity contribution in [3.05, 3.63) is 54.0 Å². The zero-order valence-electron chi connectivity index (χ0n) is 14.4. The van der Waals surface area contributed by atoms with E-state index in [0.717, 1.165) is 17.8 Å². The molecular weight excluding hydrogens is 359 g/mol. The van der Waals surface area contributed by atoms with E-state index >= 15 is 0 Å². The molecule has 0 radical (unpaired) electrons.